The van der Waals surface area contributed by atoms with Crippen molar-refractivity contribution in [3.63, 3.8) is 0 Å². The number of nitro benzene ring substituents is 1. The molecule has 1 unspecified atom stereocenters. The molecule has 0 saturated carbocycles. The first-order chi connectivity index (χ1) is 13.8. The van der Waals surface area contributed by atoms with Crippen molar-refractivity contribution in [2.45, 2.75) is 19.9 Å². The number of urea groups is 1. The van der Waals surface area contributed by atoms with Crippen LogP contribution in [0.2, 0.25) is 0 Å². The number of allylic oxidation sites excluding steroid dienone is 1. The first-order valence-corrected chi connectivity index (χ1v) is 8.82. The summed E-state index contributed by atoms with van der Waals surface area (Å²) in [4.78, 5) is 37.2. The topological polar surface area (TPSA) is 102 Å². The number of anilines is 1. The van der Waals surface area contributed by atoms with Gasteiger partial charge in [-0.3, -0.25) is 15.0 Å². The Morgan fingerprint density at radius 3 is 2.59 bits per heavy atom. The predicted octanol–water partition coefficient (Wildman–Crippen LogP) is 3.84. The lowest BCUT2D eigenvalue weighted by molar-refractivity contribution is -0.384. The maximum atomic E-state index is 13.3. The fourth-order valence-corrected chi connectivity index (χ4v) is 3.18. The van der Waals surface area contributed by atoms with E-state index >= 15 is 0 Å². The molecule has 0 radical (unpaired) electrons. The molecule has 1 N–H and O–H groups in total. The molecular formula is C20H18FN3O5. The van der Waals surface area contributed by atoms with Crippen LogP contribution in [0.5, 0.6) is 0 Å². The number of esters is 1. The van der Waals surface area contributed by atoms with Gasteiger partial charge in [-0.15, -0.1) is 0 Å². The SMILES string of the molecule is CCOC(=O)C1=C(C)N(c2cccc([N+](=O)[O-])c2)C(=O)NC1c1ccc(F)cc1. The standard InChI is InChI=1S/C20H18FN3O5/c1-3-29-19(25)17-12(2)23(15-5-4-6-16(11-15)24(27)28)20(26)22-18(17)13-7-9-14(21)10-8-13/h4-11,18H,3H2,1-2H3,(H,22,26). The number of halogens is 1. The molecule has 1 atom stereocenters. The smallest absolute Gasteiger partial charge is 0.338 e. The molecule has 150 valence electrons. The lowest BCUT2D eigenvalue weighted by Gasteiger charge is -2.35. The first kappa shape index (κ1) is 20.0. The summed E-state index contributed by atoms with van der Waals surface area (Å²) in [5.74, 6) is -1.10. The molecule has 2 amide bonds. The molecule has 0 fully saturated rings. The third-order valence-corrected chi connectivity index (χ3v) is 4.48. The molecule has 2 aromatic rings. The zero-order valence-corrected chi connectivity index (χ0v) is 15.7. The van der Waals surface area contributed by atoms with Crippen molar-refractivity contribution in [2.75, 3.05) is 11.5 Å². The van der Waals surface area contributed by atoms with E-state index in [-0.39, 0.29) is 29.3 Å². The minimum Gasteiger partial charge on any atom is -0.463 e. The van der Waals surface area contributed by atoms with E-state index in [1.807, 2.05) is 0 Å². The molecule has 2 aromatic carbocycles. The molecule has 29 heavy (non-hydrogen) atoms. The summed E-state index contributed by atoms with van der Waals surface area (Å²) in [6.45, 7) is 3.33. The van der Waals surface area contributed by atoms with Crippen LogP contribution in [-0.2, 0) is 9.53 Å². The van der Waals surface area contributed by atoms with Crippen molar-refractivity contribution in [2.24, 2.45) is 0 Å². The highest BCUT2D eigenvalue weighted by molar-refractivity contribution is 6.03. The molecule has 0 saturated heterocycles. The molecule has 1 aliphatic heterocycles. The number of non-ortho nitro benzene ring substituents is 1. The van der Waals surface area contributed by atoms with Crippen LogP contribution in [0.25, 0.3) is 0 Å². The Balaban J connectivity index is 2.13. The van der Waals surface area contributed by atoms with Gasteiger partial charge >= 0.3 is 12.0 Å². The van der Waals surface area contributed by atoms with Gasteiger partial charge in [0.2, 0.25) is 0 Å². The third kappa shape index (κ3) is 3.93. The van der Waals surface area contributed by atoms with Crippen LogP contribution in [0.3, 0.4) is 0 Å². The molecule has 0 aliphatic carbocycles. The van der Waals surface area contributed by atoms with Gasteiger partial charge in [-0.05, 0) is 37.6 Å². The van der Waals surface area contributed by atoms with E-state index in [2.05, 4.69) is 5.32 Å². The van der Waals surface area contributed by atoms with Gasteiger partial charge in [-0.2, -0.15) is 0 Å². The quantitative estimate of drug-likeness (QED) is 0.468. The number of nitro groups is 1. The summed E-state index contributed by atoms with van der Waals surface area (Å²) in [6.07, 6.45) is 0. The highest BCUT2D eigenvalue weighted by atomic mass is 19.1. The summed E-state index contributed by atoms with van der Waals surface area (Å²) in [6, 6.07) is 9.48. The summed E-state index contributed by atoms with van der Waals surface area (Å²) in [5.41, 5.74) is 0.961. The van der Waals surface area contributed by atoms with Gasteiger partial charge in [0.25, 0.3) is 5.69 Å². The monoisotopic (exact) mass is 399 g/mol. The van der Waals surface area contributed by atoms with Gasteiger partial charge in [-0.25, -0.2) is 14.0 Å². The van der Waals surface area contributed by atoms with Crippen molar-refractivity contribution in [1.29, 1.82) is 0 Å². The number of carbonyl (C=O) groups is 2. The van der Waals surface area contributed by atoms with Gasteiger partial charge in [0.15, 0.2) is 0 Å². The molecule has 9 heteroatoms. The Morgan fingerprint density at radius 2 is 1.97 bits per heavy atom. The minimum absolute atomic E-state index is 0.122. The molecule has 3 rings (SSSR count). The fraction of sp³-hybridized carbons (Fsp3) is 0.200. The number of amides is 2. The van der Waals surface area contributed by atoms with Crippen LogP contribution in [0.15, 0.2) is 59.8 Å². The number of hydrogen-bond acceptors (Lipinski definition) is 5. The highest BCUT2D eigenvalue weighted by Gasteiger charge is 2.37. The van der Waals surface area contributed by atoms with Crippen molar-refractivity contribution in [3.8, 4) is 0 Å². The number of hydrogen-bond donors (Lipinski definition) is 1. The van der Waals surface area contributed by atoms with Crippen molar-refractivity contribution >= 4 is 23.4 Å². The number of nitrogens with one attached hydrogen (secondary N) is 1. The number of benzene rings is 2. The molecular weight excluding hydrogens is 381 g/mol. The first-order valence-electron chi connectivity index (χ1n) is 8.82. The van der Waals surface area contributed by atoms with Gasteiger partial charge in [0.1, 0.15) is 5.82 Å². The number of rotatable bonds is 5. The van der Waals surface area contributed by atoms with Crippen LogP contribution in [0.1, 0.15) is 25.5 Å². The number of nitrogens with zero attached hydrogens (tertiary/aromatic N) is 2. The Bertz CT molecular complexity index is 1000. The molecule has 0 aromatic heterocycles. The Morgan fingerprint density at radius 1 is 1.28 bits per heavy atom. The average molecular weight is 399 g/mol. The second kappa shape index (κ2) is 8.09. The second-order valence-corrected chi connectivity index (χ2v) is 6.27. The lowest BCUT2D eigenvalue weighted by atomic mass is 9.94. The Hall–Kier alpha value is -3.75. The summed E-state index contributed by atoms with van der Waals surface area (Å²) < 4.78 is 18.5. The normalized spacial score (nSPS) is 16.4. The predicted molar refractivity (Wildman–Crippen MR) is 103 cm³/mol. The van der Waals surface area contributed by atoms with E-state index < -0.39 is 28.8 Å². The summed E-state index contributed by atoms with van der Waals surface area (Å²) >= 11 is 0. The second-order valence-electron chi connectivity index (χ2n) is 6.27. The van der Waals surface area contributed by atoms with Crippen molar-refractivity contribution < 1.29 is 23.6 Å². The van der Waals surface area contributed by atoms with E-state index in [0.29, 0.717) is 5.56 Å². The van der Waals surface area contributed by atoms with E-state index in [9.17, 15) is 24.1 Å². The lowest BCUT2D eigenvalue weighted by Crippen LogP contribution is -2.48. The van der Waals surface area contributed by atoms with Gasteiger partial charge < -0.3 is 10.1 Å². The number of ether oxygens (including phenoxy) is 1. The van der Waals surface area contributed by atoms with Crippen LogP contribution in [0.4, 0.5) is 20.6 Å². The van der Waals surface area contributed by atoms with Gasteiger partial charge in [-0.1, -0.05) is 18.2 Å². The Kier molecular flexibility index (Phi) is 5.58. The summed E-state index contributed by atoms with van der Waals surface area (Å²) in [7, 11) is 0. The van der Waals surface area contributed by atoms with Gasteiger partial charge in [0, 0.05) is 17.8 Å². The largest absolute Gasteiger partial charge is 0.463 e. The zero-order chi connectivity index (χ0) is 21.1. The van der Waals surface area contributed by atoms with Crippen molar-refractivity contribution in [1.82, 2.24) is 5.32 Å². The maximum Gasteiger partial charge on any atom is 0.338 e. The maximum absolute atomic E-state index is 13.3. The molecule has 1 aliphatic rings. The fourth-order valence-electron chi connectivity index (χ4n) is 3.18. The highest BCUT2D eigenvalue weighted by Crippen LogP contribution is 2.35. The van der Waals surface area contributed by atoms with Crippen LogP contribution in [-0.4, -0.2) is 23.5 Å². The molecule has 8 nitrogen and oxygen atoms in total. The van der Waals surface area contributed by atoms with E-state index in [1.54, 1.807) is 13.8 Å². The minimum atomic E-state index is -0.850. The van der Waals surface area contributed by atoms with E-state index in [0.717, 1.165) is 0 Å². The van der Waals surface area contributed by atoms with Crippen LogP contribution >= 0.6 is 0 Å². The van der Waals surface area contributed by atoms with Crippen LogP contribution < -0.4 is 10.2 Å². The van der Waals surface area contributed by atoms with Crippen LogP contribution in [0, 0.1) is 15.9 Å². The summed E-state index contributed by atoms with van der Waals surface area (Å²) in [5, 5.41) is 13.8. The molecule has 1 heterocycles. The number of carbonyl (C=O) groups excluding carboxylic acids is 2. The zero-order valence-electron chi connectivity index (χ0n) is 15.7. The van der Waals surface area contributed by atoms with Crippen molar-refractivity contribution in [3.05, 3.63) is 81.3 Å². The molecule has 0 spiro atoms. The molecule has 0 bridgehead atoms. The van der Waals surface area contributed by atoms with Gasteiger partial charge in [0.05, 0.1) is 28.8 Å². The van der Waals surface area contributed by atoms with E-state index in [4.69, 9.17) is 4.74 Å². The Labute approximate surface area is 165 Å². The average Bonchev–Trinajstić information content (AvgIpc) is 2.68. The van der Waals surface area contributed by atoms with E-state index in [1.165, 1.54) is 53.4 Å². The third-order valence-electron chi connectivity index (χ3n) is 4.48.